The van der Waals surface area contributed by atoms with E-state index in [1.54, 1.807) is 24.3 Å². The van der Waals surface area contributed by atoms with E-state index >= 15 is 0 Å². The van der Waals surface area contributed by atoms with Crippen LogP contribution in [0.1, 0.15) is 30.1 Å². The summed E-state index contributed by atoms with van der Waals surface area (Å²) in [7, 11) is -2.36. The molecule has 27 heavy (non-hydrogen) atoms. The summed E-state index contributed by atoms with van der Waals surface area (Å²) in [6, 6.07) is 11.2. The first-order valence-corrected chi connectivity index (χ1v) is 10.2. The molecular formula is C19H22N2O5S. The third-order valence-corrected chi connectivity index (χ3v) is 5.58. The molecule has 0 saturated heterocycles. The number of rotatable bonds is 8. The van der Waals surface area contributed by atoms with Crippen LogP contribution in [0.2, 0.25) is 0 Å². The first-order chi connectivity index (χ1) is 12.9. The summed E-state index contributed by atoms with van der Waals surface area (Å²) in [5.41, 5.74) is 0.806. The zero-order valence-electron chi connectivity index (χ0n) is 15.2. The molecule has 0 unspecified atom stereocenters. The minimum atomic E-state index is -3.75. The molecule has 0 bridgehead atoms. The van der Waals surface area contributed by atoms with Gasteiger partial charge in [-0.25, -0.2) is 13.1 Å². The highest BCUT2D eigenvalue weighted by atomic mass is 32.2. The molecule has 2 N–H and O–H groups in total. The van der Waals surface area contributed by atoms with Crippen LogP contribution in [0.3, 0.4) is 0 Å². The third kappa shape index (κ3) is 4.78. The molecule has 3 rings (SSSR count). The highest BCUT2D eigenvalue weighted by Gasteiger charge is 2.30. The van der Waals surface area contributed by atoms with Gasteiger partial charge in [0.2, 0.25) is 10.0 Å². The zero-order valence-corrected chi connectivity index (χ0v) is 16.0. The van der Waals surface area contributed by atoms with Crippen molar-refractivity contribution < 1.29 is 22.7 Å². The first-order valence-electron chi connectivity index (χ1n) is 8.67. The lowest BCUT2D eigenvalue weighted by Gasteiger charge is -2.12. The molecule has 0 spiro atoms. The number of carbonyl (C=O) groups excluding carboxylic acids is 1. The Labute approximate surface area is 158 Å². The number of hydrogen-bond acceptors (Lipinski definition) is 5. The summed E-state index contributed by atoms with van der Waals surface area (Å²) in [5, 5.41) is 2.75. The molecule has 1 amide bonds. The largest absolute Gasteiger partial charge is 0.495 e. The molecule has 8 heteroatoms. The van der Waals surface area contributed by atoms with E-state index in [2.05, 4.69) is 10.0 Å². The van der Waals surface area contributed by atoms with Crippen molar-refractivity contribution in [1.29, 1.82) is 0 Å². The molecule has 7 nitrogen and oxygen atoms in total. The van der Waals surface area contributed by atoms with Gasteiger partial charge >= 0.3 is 0 Å². The Bertz CT molecular complexity index is 922. The van der Waals surface area contributed by atoms with Crippen molar-refractivity contribution in [3.05, 3.63) is 48.0 Å². The highest BCUT2D eigenvalue weighted by Crippen LogP contribution is 2.28. The average Bonchev–Trinajstić information content (AvgIpc) is 3.46. The predicted molar refractivity (Wildman–Crippen MR) is 102 cm³/mol. The number of sulfonamides is 1. The lowest BCUT2D eigenvalue weighted by molar-refractivity contribution is 0.102. The number of anilines is 1. The van der Waals surface area contributed by atoms with E-state index in [4.69, 9.17) is 9.47 Å². The fourth-order valence-corrected chi connectivity index (χ4v) is 4.02. The van der Waals surface area contributed by atoms with Crippen molar-refractivity contribution in [2.45, 2.75) is 30.7 Å². The summed E-state index contributed by atoms with van der Waals surface area (Å²) < 4.78 is 38.2. The predicted octanol–water partition coefficient (Wildman–Crippen LogP) is 2.79. The van der Waals surface area contributed by atoms with Crippen LogP contribution in [0, 0.1) is 0 Å². The Morgan fingerprint density at radius 2 is 1.85 bits per heavy atom. The molecule has 2 aromatic carbocycles. The van der Waals surface area contributed by atoms with E-state index in [0.29, 0.717) is 18.0 Å². The minimum absolute atomic E-state index is 0.0407. The number of carbonyl (C=O) groups is 1. The van der Waals surface area contributed by atoms with Crippen LogP contribution in [-0.4, -0.2) is 34.1 Å². The van der Waals surface area contributed by atoms with Gasteiger partial charge in [0.1, 0.15) is 16.4 Å². The molecule has 0 radical (unpaired) electrons. The molecule has 0 heterocycles. The van der Waals surface area contributed by atoms with Crippen molar-refractivity contribution in [2.24, 2.45) is 0 Å². The number of methoxy groups -OCH3 is 1. The van der Waals surface area contributed by atoms with Crippen molar-refractivity contribution in [3.63, 3.8) is 0 Å². The lowest BCUT2D eigenvalue weighted by Crippen LogP contribution is -2.26. The van der Waals surface area contributed by atoms with E-state index in [9.17, 15) is 13.2 Å². The van der Waals surface area contributed by atoms with Gasteiger partial charge in [-0.2, -0.15) is 0 Å². The van der Waals surface area contributed by atoms with Gasteiger partial charge in [0.15, 0.2) is 0 Å². The number of hydrogen-bond donors (Lipinski definition) is 2. The van der Waals surface area contributed by atoms with E-state index in [0.717, 1.165) is 12.8 Å². The van der Waals surface area contributed by atoms with Crippen molar-refractivity contribution in [3.8, 4) is 11.5 Å². The Balaban J connectivity index is 1.81. The van der Waals surface area contributed by atoms with Gasteiger partial charge in [0.25, 0.3) is 5.91 Å². The molecule has 0 atom stereocenters. The van der Waals surface area contributed by atoms with Crippen molar-refractivity contribution in [2.75, 3.05) is 19.0 Å². The maximum Gasteiger partial charge on any atom is 0.255 e. The molecular weight excluding hydrogens is 368 g/mol. The van der Waals surface area contributed by atoms with Crippen LogP contribution in [0.5, 0.6) is 11.5 Å². The topological polar surface area (TPSA) is 93.7 Å². The average molecular weight is 390 g/mol. The maximum atomic E-state index is 12.6. The van der Waals surface area contributed by atoms with Gasteiger partial charge in [-0.3, -0.25) is 4.79 Å². The van der Waals surface area contributed by atoms with Gasteiger partial charge in [-0.1, -0.05) is 0 Å². The summed E-state index contributed by atoms with van der Waals surface area (Å²) in [6.07, 6.45) is 1.64. The van der Waals surface area contributed by atoms with E-state index in [1.807, 2.05) is 6.92 Å². The van der Waals surface area contributed by atoms with Crippen molar-refractivity contribution >= 4 is 21.6 Å². The monoisotopic (exact) mass is 390 g/mol. The standard InChI is InChI=1S/C19H22N2O5S/c1-3-26-16-9-7-14(8-10-16)20-19(22)13-4-11-17(25-2)18(12-13)27(23,24)21-15-5-6-15/h4,7-12,15,21H,3,5-6H2,1-2H3,(H,20,22). The normalized spacial score (nSPS) is 13.9. The van der Waals surface area contributed by atoms with Crippen LogP contribution in [0.25, 0.3) is 0 Å². The Hall–Kier alpha value is -2.58. The van der Waals surface area contributed by atoms with Crippen LogP contribution in [-0.2, 0) is 10.0 Å². The fraction of sp³-hybridized carbons (Fsp3) is 0.316. The molecule has 1 aliphatic rings. The van der Waals surface area contributed by atoms with Gasteiger partial charge in [-0.15, -0.1) is 0 Å². The first kappa shape index (κ1) is 19.2. The minimum Gasteiger partial charge on any atom is -0.495 e. The number of benzene rings is 2. The fourth-order valence-electron chi connectivity index (χ4n) is 2.52. The molecule has 1 aliphatic carbocycles. The summed E-state index contributed by atoms with van der Waals surface area (Å²) in [4.78, 5) is 12.5. The SMILES string of the molecule is CCOc1ccc(NC(=O)c2ccc(OC)c(S(=O)(=O)NC3CC3)c2)cc1. The highest BCUT2D eigenvalue weighted by molar-refractivity contribution is 7.89. The second-order valence-electron chi connectivity index (χ2n) is 6.17. The Morgan fingerprint density at radius 1 is 1.15 bits per heavy atom. The number of nitrogens with one attached hydrogen (secondary N) is 2. The van der Waals surface area contributed by atoms with Gasteiger partial charge in [0, 0.05) is 17.3 Å². The van der Waals surface area contributed by atoms with E-state index in [1.165, 1.54) is 25.3 Å². The Kier molecular flexibility index (Phi) is 5.67. The second-order valence-corrected chi connectivity index (χ2v) is 7.86. The molecule has 144 valence electrons. The quantitative estimate of drug-likeness (QED) is 0.723. The molecule has 0 aliphatic heterocycles. The maximum absolute atomic E-state index is 12.6. The number of amides is 1. The van der Waals surface area contributed by atoms with Gasteiger partial charge in [0.05, 0.1) is 13.7 Å². The van der Waals surface area contributed by atoms with Crippen LogP contribution in [0.15, 0.2) is 47.4 Å². The summed E-state index contributed by atoms with van der Waals surface area (Å²) in [6.45, 7) is 2.45. The second kappa shape index (κ2) is 7.98. The van der Waals surface area contributed by atoms with E-state index < -0.39 is 15.9 Å². The van der Waals surface area contributed by atoms with Gasteiger partial charge < -0.3 is 14.8 Å². The van der Waals surface area contributed by atoms with Crippen LogP contribution >= 0.6 is 0 Å². The smallest absolute Gasteiger partial charge is 0.255 e. The lowest BCUT2D eigenvalue weighted by atomic mass is 10.2. The summed E-state index contributed by atoms with van der Waals surface area (Å²) >= 11 is 0. The van der Waals surface area contributed by atoms with Crippen LogP contribution < -0.4 is 19.5 Å². The summed E-state index contributed by atoms with van der Waals surface area (Å²) in [5.74, 6) is 0.491. The molecule has 1 saturated carbocycles. The molecule has 1 fully saturated rings. The van der Waals surface area contributed by atoms with Crippen molar-refractivity contribution in [1.82, 2.24) is 4.72 Å². The zero-order chi connectivity index (χ0) is 19.4. The molecule has 0 aromatic heterocycles. The molecule has 2 aromatic rings. The van der Waals surface area contributed by atoms with E-state index in [-0.39, 0.29) is 22.3 Å². The number of ether oxygens (including phenoxy) is 2. The Morgan fingerprint density at radius 3 is 2.44 bits per heavy atom. The third-order valence-electron chi connectivity index (χ3n) is 4.04. The van der Waals surface area contributed by atoms with Crippen LogP contribution in [0.4, 0.5) is 5.69 Å². The van der Waals surface area contributed by atoms with Gasteiger partial charge in [-0.05, 0) is 62.2 Å².